The van der Waals surface area contributed by atoms with Crippen molar-refractivity contribution in [1.82, 2.24) is 0 Å². The van der Waals surface area contributed by atoms with Crippen molar-refractivity contribution in [3.8, 4) is 0 Å². The molecule has 3 nitrogen and oxygen atoms in total. The van der Waals surface area contributed by atoms with E-state index < -0.39 is 11.7 Å². The minimum Gasteiger partial charge on any atom is -0.396 e. The monoisotopic (exact) mass is 312 g/mol. The molecular weight excluding hydrogens is 302 g/mol. The second kappa shape index (κ2) is 5.69. The van der Waals surface area contributed by atoms with Gasteiger partial charge in [0.05, 0.1) is 21.4 Å². The van der Waals surface area contributed by atoms with E-state index in [0.717, 1.165) is 5.56 Å². The van der Waals surface area contributed by atoms with Crippen LogP contribution in [0, 0.1) is 12.7 Å². The van der Waals surface area contributed by atoms with Crippen LogP contribution in [-0.4, -0.2) is 5.91 Å². The van der Waals surface area contributed by atoms with Crippen molar-refractivity contribution < 1.29 is 9.18 Å². The largest absolute Gasteiger partial charge is 0.396 e. The van der Waals surface area contributed by atoms with Gasteiger partial charge in [0.15, 0.2) is 0 Å². The fourth-order valence-corrected chi connectivity index (χ4v) is 2.12. The molecule has 2 rings (SSSR count). The molecule has 0 aliphatic heterocycles. The van der Waals surface area contributed by atoms with Gasteiger partial charge in [-0.2, -0.15) is 0 Å². The maximum absolute atomic E-state index is 13.7. The van der Waals surface area contributed by atoms with Gasteiger partial charge in [0.1, 0.15) is 5.82 Å². The lowest BCUT2D eigenvalue weighted by molar-refractivity contribution is 0.102. The zero-order valence-electron chi connectivity index (χ0n) is 10.5. The van der Waals surface area contributed by atoms with E-state index in [-0.39, 0.29) is 27.0 Å². The van der Waals surface area contributed by atoms with Crippen LogP contribution in [0.25, 0.3) is 0 Å². The number of halogens is 3. The molecule has 0 radical (unpaired) electrons. The maximum atomic E-state index is 13.7. The Hall–Kier alpha value is -1.78. The molecule has 20 heavy (non-hydrogen) atoms. The summed E-state index contributed by atoms with van der Waals surface area (Å²) in [5.41, 5.74) is 6.84. The molecule has 0 bridgehead atoms. The molecule has 0 aliphatic carbocycles. The molecule has 0 saturated carbocycles. The molecule has 0 fully saturated rings. The molecule has 104 valence electrons. The average molecular weight is 313 g/mol. The number of hydrogen-bond donors (Lipinski definition) is 2. The molecule has 0 heterocycles. The first-order valence-corrected chi connectivity index (χ1v) is 6.46. The summed E-state index contributed by atoms with van der Waals surface area (Å²) in [5.74, 6) is -1.03. The molecule has 0 atom stereocenters. The first kappa shape index (κ1) is 14.6. The Morgan fingerprint density at radius 2 is 1.80 bits per heavy atom. The van der Waals surface area contributed by atoms with E-state index in [1.54, 1.807) is 13.0 Å². The van der Waals surface area contributed by atoms with Crippen molar-refractivity contribution >= 4 is 40.5 Å². The van der Waals surface area contributed by atoms with Crippen molar-refractivity contribution in [2.24, 2.45) is 0 Å². The Balaban J connectivity index is 2.28. The third-order valence-corrected chi connectivity index (χ3v) is 3.34. The van der Waals surface area contributed by atoms with Crippen LogP contribution >= 0.6 is 23.2 Å². The SMILES string of the molecule is Cc1ccc(NC(=O)c2cc(Cl)c(N)c(Cl)c2)c(F)c1. The fourth-order valence-electron chi connectivity index (χ4n) is 1.63. The van der Waals surface area contributed by atoms with Gasteiger partial charge >= 0.3 is 0 Å². The first-order valence-electron chi connectivity index (χ1n) is 5.70. The summed E-state index contributed by atoms with van der Waals surface area (Å²) >= 11 is 11.7. The summed E-state index contributed by atoms with van der Waals surface area (Å²) in [7, 11) is 0. The number of carbonyl (C=O) groups is 1. The van der Waals surface area contributed by atoms with Crippen LogP contribution < -0.4 is 11.1 Å². The standard InChI is InChI=1S/C14H11Cl2FN2O/c1-7-2-3-12(11(17)4-7)19-14(20)8-5-9(15)13(18)10(16)6-8/h2-6H,18H2,1H3,(H,19,20). The summed E-state index contributed by atoms with van der Waals surface area (Å²) in [5, 5.41) is 2.80. The summed E-state index contributed by atoms with van der Waals surface area (Å²) in [6.45, 7) is 1.76. The molecule has 3 N–H and O–H groups in total. The third-order valence-electron chi connectivity index (χ3n) is 2.71. The van der Waals surface area contributed by atoms with Crippen molar-refractivity contribution in [2.45, 2.75) is 6.92 Å². The lowest BCUT2D eigenvalue weighted by atomic mass is 10.1. The van der Waals surface area contributed by atoms with Crippen molar-refractivity contribution in [3.63, 3.8) is 0 Å². The Morgan fingerprint density at radius 3 is 2.35 bits per heavy atom. The highest BCUT2D eigenvalue weighted by atomic mass is 35.5. The van der Waals surface area contributed by atoms with E-state index in [1.807, 2.05) is 0 Å². The Kier molecular flexibility index (Phi) is 4.16. The highest BCUT2D eigenvalue weighted by molar-refractivity contribution is 6.39. The molecule has 2 aromatic carbocycles. The molecule has 0 aliphatic rings. The van der Waals surface area contributed by atoms with Crippen molar-refractivity contribution in [1.29, 1.82) is 0 Å². The quantitative estimate of drug-likeness (QED) is 0.813. The second-order valence-electron chi connectivity index (χ2n) is 4.29. The van der Waals surface area contributed by atoms with Gasteiger partial charge in [0, 0.05) is 5.56 Å². The van der Waals surface area contributed by atoms with Gasteiger partial charge in [-0.3, -0.25) is 4.79 Å². The number of nitrogens with one attached hydrogen (secondary N) is 1. The zero-order chi connectivity index (χ0) is 14.9. The number of benzene rings is 2. The van der Waals surface area contributed by atoms with Crippen LogP contribution in [0.15, 0.2) is 30.3 Å². The number of carbonyl (C=O) groups excluding carboxylic acids is 1. The number of hydrogen-bond acceptors (Lipinski definition) is 2. The highest BCUT2D eigenvalue weighted by Crippen LogP contribution is 2.29. The second-order valence-corrected chi connectivity index (χ2v) is 5.11. The Bertz CT molecular complexity index is 666. The number of nitrogens with two attached hydrogens (primary N) is 1. The number of nitrogen functional groups attached to an aromatic ring is 1. The van der Waals surface area contributed by atoms with Crippen molar-refractivity contribution in [2.75, 3.05) is 11.1 Å². The van der Waals surface area contributed by atoms with Crippen LogP contribution in [0.5, 0.6) is 0 Å². The van der Waals surface area contributed by atoms with E-state index in [1.165, 1.54) is 24.3 Å². The Labute approximate surface area is 125 Å². The first-order chi connectivity index (χ1) is 9.38. The third kappa shape index (κ3) is 3.03. The molecular formula is C14H11Cl2FN2O. The van der Waals surface area contributed by atoms with E-state index in [4.69, 9.17) is 28.9 Å². The normalized spacial score (nSPS) is 10.4. The summed E-state index contributed by atoms with van der Waals surface area (Å²) in [4.78, 5) is 12.0. The van der Waals surface area contributed by atoms with Crippen LogP contribution in [0.2, 0.25) is 10.0 Å². The van der Waals surface area contributed by atoms with Gasteiger partial charge < -0.3 is 11.1 Å². The molecule has 0 aromatic heterocycles. The van der Waals surface area contributed by atoms with E-state index in [0.29, 0.717) is 0 Å². The van der Waals surface area contributed by atoms with Crippen LogP contribution in [0.1, 0.15) is 15.9 Å². The molecule has 0 saturated heterocycles. The minimum atomic E-state index is -0.517. The molecule has 1 amide bonds. The number of amides is 1. The summed E-state index contributed by atoms with van der Waals surface area (Å²) in [6, 6.07) is 7.28. The van der Waals surface area contributed by atoms with Crippen LogP contribution in [-0.2, 0) is 0 Å². The smallest absolute Gasteiger partial charge is 0.255 e. The van der Waals surface area contributed by atoms with Gasteiger partial charge in [-0.1, -0.05) is 29.3 Å². The minimum absolute atomic E-state index is 0.0877. The topological polar surface area (TPSA) is 55.1 Å². The fraction of sp³-hybridized carbons (Fsp3) is 0.0714. The predicted molar refractivity (Wildman–Crippen MR) is 80.0 cm³/mol. The van der Waals surface area contributed by atoms with Gasteiger partial charge in [-0.15, -0.1) is 0 Å². The predicted octanol–water partition coefficient (Wildman–Crippen LogP) is 4.28. The number of aryl methyl sites for hydroxylation is 1. The zero-order valence-corrected chi connectivity index (χ0v) is 12.0. The number of rotatable bonds is 2. The van der Waals surface area contributed by atoms with E-state index in [2.05, 4.69) is 5.32 Å². The van der Waals surface area contributed by atoms with Crippen LogP contribution in [0.3, 0.4) is 0 Å². The molecule has 6 heteroatoms. The van der Waals surface area contributed by atoms with Crippen LogP contribution in [0.4, 0.5) is 15.8 Å². The molecule has 0 unspecified atom stereocenters. The summed E-state index contributed by atoms with van der Waals surface area (Å²) in [6.07, 6.45) is 0. The van der Waals surface area contributed by atoms with Gasteiger partial charge in [-0.25, -0.2) is 4.39 Å². The average Bonchev–Trinajstić information content (AvgIpc) is 2.38. The van der Waals surface area contributed by atoms with E-state index >= 15 is 0 Å². The van der Waals surface area contributed by atoms with Gasteiger partial charge in [-0.05, 0) is 36.8 Å². The lowest BCUT2D eigenvalue weighted by Gasteiger charge is -2.09. The summed E-state index contributed by atoms with van der Waals surface area (Å²) < 4.78 is 13.7. The van der Waals surface area contributed by atoms with Gasteiger partial charge in [0.2, 0.25) is 0 Å². The maximum Gasteiger partial charge on any atom is 0.255 e. The number of anilines is 2. The van der Waals surface area contributed by atoms with Gasteiger partial charge in [0.25, 0.3) is 5.91 Å². The lowest BCUT2D eigenvalue weighted by Crippen LogP contribution is -2.13. The molecule has 0 spiro atoms. The highest BCUT2D eigenvalue weighted by Gasteiger charge is 2.13. The van der Waals surface area contributed by atoms with E-state index in [9.17, 15) is 9.18 Å². The Morgan fingerprint density at radius 1 is 1.20 bits per heavy atom. The molecule has 2 aromatic rings. The van der Waals surface area contributed by atoms with Crippen molar-refractivity contribution in [3.05, 3.63) is 57.3 Å².